The number of carboxylic acids is 1. The number of nitrogens with zero attached hydrogens (tertiary/aromatic N) is 1. The third kappa shape index (κ3) is 5.99. The zero-order valence-electron chi connectivity index (χ0n) is 11.1. The Kier molecular flexibility index (Phi) is 6.97. The summed E-state index contributed by atoms with van der Waals surface area (Å²) in [5, 5.41) is 8.79. The van der Waals surface area contributed by atoms with Gasteiger partial charge in [0, 0.05) is 24.2 Å². The Bertz CT molecular complexity index is 502. The van der Waals surface area contributed by atoms with Crippen LogP contribution >= 0.6 is 15.9 Å². The smallest absolute Gasteiger partial charge is 0.323 e. The van der Waals surface area contributed by atoms with Gasteiger partial charge in [-0.15, -0.1) is 0 Å². The highest BCUT2D eigenvalue weighted by atomic mass is 79.9. The van der Waals surface area contributed by atoms with Crippen molar-refractivity contribution in [2.24, 2.45) is 0 Å². The van der Waals surface area contributed by atoms with Gasteiger partial charge in [0.05, 0.1) is 6.61 Å². The number of rotatable bonds is 7. The van der Waals surface area contributed by atoms with Crippen LogP contribution in [-0.2, 0) is 14.3 Å². The molecule has 0 aliphatic heterocycles. The molecule has 108 valence electrons. The number of hydrogen-bond donors (Lipinski definition) is 1. The van der Waals surface area contributed by atoms with Gasteiger partial charge in [-0.1, -0.05) is 28.1 Å². The number of methoxy groups -OCH3 is 1. The number of benzene rings is 1. The van der Waals surface area contributed by atoms with E-state index < -0.39 is 5.97 Å². The Morgan fingerprint density at radius 1 is 1.45 bits per heavy atom. The predicted molar refractivity (Wildman–Crippen MR) is 79.3 cm³/mol. The topological polar surface area (TPSA) is 66.8 Å². The standard InChI is InChI=1S/C14H16BrNO4/c1-20-8-7-16(10-14(18)19)13(17)6-5-11-3-2-4-12(15)9-11/h2-6,9H,7-8,10H2,1H3,(H,18,19). The van der Waals surface area contributed by atoms with Gasteiger partial charge in [0.15, 0.2) is 0 Å². The van der Waals surface area contributed by atoms with Crippen molar-refractivity contribution in [1.82, 2.24) is 4.90 Å². The molecule has 0 radical (unpaired) electrons. The maximum Gasteiger partial charge on any atom is 0.323 e. The maximum atomic E-state index is 12.0. The monoisotopic (exact) mass is 341 g/mol. The normalized spacial score (nSPS) is 10.7. The van der Waals surface area contributed by atoms with E-state index in [2.05, 4.69) is 15.9 Å². The second kappa shape index (κ2) is 8.50. The predicted octanol–water partition coefficient (Wildman–Crippen LogP) is 2.02. The fourth-order valence-electron chi connectivity index (χ4n) is 1.52. The van der Waals surface area contributed by atoms with E-state index in [9.17, 15) is 9.59 Å². The molecule has 0 fully saturated rings. The van der Waals surface area contributed by atoms with Crippen LogP contribution in [0, 0.1) is 0 Å². The van der Waals surface area contributed by atoms with Crippen molar-refractivity contribution in [3.8, 4) is 0 Å². The number of carbonyl (C=O) groups is 2. The minimum Gasteiger partial charge on any atom is -0.480 e. The molecule has 5 nitrogen and oxygen atoms in total. The van der Waals surface area contributed by atoms with Crippen LogP contribution in [-0.4, -0.2) is 48.7 Å². The van der Waals surface area contributed by atoms with Crippen LogP contribution in [0.2, 0.25) is 0 Å². The number of ether oxygens (including phenoxy) is 1. The lowest BCUT2D eigenvalue weighted by Gasteiger charge is -2.18. The van der Waals surface area contributed by atoms with Crippen molar-refractivity contribution >= 4 is 33.9 Å². The molecule has 1 aromatic rings. The van der Waals surface area contributed by atoms with Crippen molar-refractivity contribution in [3.63, 3.8) is 0 Å². The molecule has 0 aliphatic carbocycles. The maximum absolute atomic E-state index is 12.0. The van der Waals surface area contributed by atoms with Crippen LogP contribution in [0.1, 0.15) is 5.56 Å². The summed E-state index contributed by atoms with van der Waals surface area (Å²) in [5.74, 6) is -1.41. The highest BCUT2D eigenvalue weighted by molar-refractivity contribution is 9.10. The first-order valence-corrected chi connectivity index (χ1v) is 6.75. The van der Waals surface area contributed by atoms with Crippen LogP contribution in [0.25, 0.3) is 6.08 Å². The highest BCUT2D eigenvalue weighted by Gasteiger charge is 2.13. The summed E-state index contributed by atoms with van der Waals surface area (Å²) in [7, 11) is 1.50. The number of carboxylic acid groups (broad SMARTS) is 1. The van der Waals surface area contributed by atoms with Gasteiger partial charge in [-0.3, -0.25) is 9.59 Å². The summed E-state index contributed by atoms with van der Waals surface area (Å²) in [5.41, 5.74) is 0.856. The molecule has 0 atom stereocenters. The lowest BCUT2D eigenvalue weighted by molar-refractivity contribution is -0.143. The molecule has 1 aromatic carbocycles. The van der Waals surface area contributed by atoms with Gasteiger partial charge in [-0.2, -0.15) is 0 Å². The van der Waals surface area contributed by atoms with E-state index in [0.29, 0.717) is 6.61 Å². The minimum atomic E-state index is -1.05. The second-order valence-corrected chi connectivity index (χ2v) is 4.95. The molecule has 0 aromatic heterocycles. The number of hydrogen-bond acceptors (Lipinski definition) is 3. The molecule has 1 N–H and O–H groups in total. The molecule has 0 unspecified atom stereocenters. The van der Waals surface area contributed by atoms with E-state index in [4.69, 9.17) is 9.84 Å². The molecular formula is C14H16BrNO4. The third-order valence-electron chi connectivity index (χ3n) is 2.47. The van der Waals surface area contributed by atoms with Gasteiger partial charge in [-0.05, 0) is 23.8 Å². The average molecular weight is 342 g/mol. The summed E-state index contributed by atoms with van der Waals surface area (Å²) in [6.45, 7) is 0.194. The average Bonchev–Trinajstić information content (AvgIpc) is 2.40. The zero-order valence-corrected chi connectivity index (χ0v) is 12.7. The molecule has 1 amide bonds. The van der Waals surface area contributed by atoms with Gasteiger partial charge in [0.2, 0.25) is 5.91 Å². The van der Waals surface area contributed by atoms with Crippen molar-refractivity contribution in [2.45, 2.75) is 0 Å². The van der Waals surface area contributed by atoms with E-state index in [0.717, 1.165) is 10.0 Å². The number of amides is 1. The Morgan fingerprint density at radius 3 is 2.80 bits per heavy atom. The van der Waals surface area contributed by atoms with Crippen molar-refractivity contribution in [2.75, 3.05) is 26.8 Å². The minimum absolute atomic E-state index is 0.241. The van der Waals surface area contributed by atoms with E-state index in [1.54, 1.807) is 6.08 Å². The zero-order chi connectivity index (χ0) is 15.0. The first kappa shape index (κ1) is 16.4. The largest absolute Gasteiger partial charge is 0.480 e. The summed E-state index contributed by atoms with van der Waals surface area (Å²) in [6, 6.07) is 7.45. The summed E-state index contributed by atoms with van der Waals surface area (Å²) >= 11 is 3.34. The van der Waals surface area contributed by atoms with E-state index in [-0.39, 0.29) is 19.0 Å². The van der Waals surface area contributed by atoms with Crippen molar-refractivity contribution in [1.29, 1.82) is 0 Å². The van der Waals surface area contributed by atoms with Crippen LogP contribution in [0.15, 0.2) is 34.8 Å². The fourth-order valence-corrected chi connectivity index (χ4v) is 1.93. The molecule has 20 heavy (non-hydrogen) atoms. The Morgan fingerprint density at radius 2 is 2.20 bits per heavy atom. The van der Waals surface area contributed by atoms with Gasteiger partial charge < -0.3 is 14.7 Å². The van der Waals surface area contributed by atoms with Crippen molar-refractivity contribution < 1.29 is 19.4 Å². The third-order valence-corrected chi connectivity index (χ3v) is 2.96. The first-order valence-electron chi connectivity index (χ1n) is 5.96. The van der Waals surface area contributed by atoms with E-state index in [1.807, 2.05) is 24.3 Å². The van der Waals surface area contributed by atoms with Crippen LogP contribution < -0.4 is 0 Å². The fraction of sp³-hybridized carbons (Fsp3) is 0.286. The van der Waals surface area contributed by atoms with Gasteiger partial charge >= 0.3 is 5.97 Å². The number of carbonyl (C=O) groups excluding carboxylic acids is 1. The molecule has 0 saturated carbocycles. The van der Waals surface area contributed by atoms with E-state index in [1.165, 1.54) is 18.1 Å². The molecule has 1 rings (SSSR count). The van der Waals surface area contributed by atoms with Gasteiger partial charge in [0.1, 0.15) is 6.54 Å². The quantitative estimate of drug-likeness (QED) is 0.770. The van der Waals surface area contributed by atoms with Crippen molar-refractivity contribution in [3.05, 3.63) is 40.4 Å². The molecular weight excluding hydrogens is 326 g/mol. The molecule has 6 heteroatoms. The van der Waals surface area contributed by atoms with Crippen LogP contribution in [0.4, 0.5) is 0 Å². The summed E-state index contributed by atoms with van der Waals surface area (Å²) in [6.07, 6.45) is 3.01. The van der Waals surface area contributed by atoms with Crippen LogP contribution in [0.5, 0.6) is 0 Å². The summed E-state index contributed by atoms with van der Waals surface area (Å²) in [4.78, 5) is 23.9. The lowest BCUT2D eigenvalue weighted by Crippen LogP contribution is -2.36. The van der Waals surface area contributed by atoms with Gasteiger partial charge in [0.25, 0.3) is 0 Å². The number of aliphatic carboxylic acids is 1. The van der Waals surface area contributed by atoms with Gasteiger partial charge in [-0.25, -0.2) is 0 Å². The Hall–Kier alpha value is -1.66. The van der Waals surface area contributed by atoms with E-state index >= 15 is 0 Å². The Balaban J connectivity index is 2.71. The number of halogens is 1. The molecule has 0 spiro atoms. The second-order valence-electron chi connectivity index (χ2n) is 4.03. The first-order chi connectivity index (χ1) is 9.52. The highest BCUT2D eigenvalue weighted by Crippen LogP contribution is 2.12. The lowest BCUT2D eigenvalue weighted by atomic mass is 10.2. The molecule has 0 saturated heterocycles. The SMILES string of the molecule is COCCN(CC(=O)O)C(=O)C=Cc1cccc(Br)c1. The van der Waals surface area contributed by atoms with Crippen LogP contribution in [0.3, 0.4) is 0 Å². The molecule has 0 aliphatic rings. The Labute approximate surface area is 126 Å². The summed E-state index contributed by atoms with van der Waals surface area (Å²) < 4.78 is 5.78. The molecule has 0 bridgehead atoms. The molecule has 0 heterocycles.